The lowest BCUT2D eigenvalue weighted by Crippen LogP contribution is -2.38. The van der Waals surface area contributed by atoms with Crippen molar-refractivity contribution < 1.29 is 14.3 Å². The van der Waals surface area contributed by atoms with Gasteiger partial charge < -0.3 is 9.47 Å². The van der Waals surface area contributed by atoms with E-state index in [9.17, 15) is 9.59 Å². The third-order valence-electron chi connectivity index (χ3n) is 6.44. The van der Waals surface area contributed by atoms with Gasteiger partial charge in [0.2, 0.25) is 0 Å². The van der Waals surface area contributed by atoms with Crippen molar-refractivity contribution in [3.8, 4) is 5.75 Å². The van der Waals surface area contributed by atoms with Gasteiger partial charge in [-0.25, -0.2) is 4.98 Å². The van der Waals surface area contributed by atoms with Gasteiger partial charge in [-0.1, -0.05) is 36.0 Å². The Morgan fingerprint density at radius 1 is 1.08 bits per heavy atom. The van der Waals surface area contributed by atoms with E-state index in [1.807, 2.05) is 60.8 Å². The number of carbonyl (C=O) groups excluding carboxylic acids is 1. The molecule has 1 fully saturated rings. The molecule has 0 atom stereocenters. The number of ketones is 1. The summed E-state index contributed by atoms with van der Waals surface area (Å²) in [4.78, 5) is 33.4. The average molecular weight is 536 g/mol. The van der Waals surface area contributed by atoms with E-state index in [0.717, 1.165) is 54.6 Å². The monoisotopic (exact) mass is 535 g/mol. The molecule has 192 valence electrons. The van der Waals surface area contributed by atoms with Crippen LogP contribution >= 0.6 is 23.1 Å². The van der Waals surface area contributed by atoms with Gasteiger partial charge in [0.1, 0.15) is 17.2 Å². The molecule has 37 heavy (non-hydrogen) atoms. The number of ether oxygens (including phenoxy) is 2. The van der Waals surface area contributed by atoms with E-state index >= 15 is 0 Å². The van der Waals surface area contributed by atoms with Crippen LogP contribution in [0, 0.1) is 6.92 Å². The van der Waals surface area contributed by atoms with Crippen molar-refractivity contribution in [2.45, 2.75) is 17.8 Å². The van der Waals surface area contributed by atoms with Crippen LogP contribution in [0.4, 0.5) is 0 Å². The lowest BCUT2D eigenvalue weighted by atomic mass is 10.0. The van der Waals surface area contributed by atoms with E-state index in [0.29, 0.717) is 34.0 Å². The first-order chi connectivity index (χ1) is 18.0. The summed E-state index contributed by atoms with van der Waals surface area (Å²) in [6, 6.07) is 14.9. The number of nitrogens with zero attached hydrogens (tertiary/aromatic N) is 3. The van der Waals surface area contributed by atoms with Gasteiger partial charge in [-0.05, 0) is 47.7 Å². The van der Waals surface area contributed by atoms with Crippen molar-refractivity contribution in [3.63, 3.8) is 0 Å². The fourth-order valence-corrected chi connectivity index (χ4v) is 6.10. The van der Waals surface area contributed by atoms with Crippen molar-refractivity contribution >= 4 is 39.1 Å². The number of rotatable bonds is 9. The highest BCUT2D eigenvalue weighted by Crippen LogP contribution is 2.26. The Labute approximate surface area is 224 Å². The van der Waals surface area contributed by atoms with Crippen molar-refractivity contribution in [1.82, 2.24) is 14.5 Å². The molecule has 2 aromatic carbocycles. The summed E-state index contributed by atoms with van der Waals surface area (Å²) in [5.74, 6) is 1.39. The molecule has 0 spiro atoms. The number of aryl methyl sites for hydroxylation is 1. The number of morpholine rings is 1. The maximum atomic E-state index is 13.0. The Morgan fingerprint density at radius 2 is 1.76 bits per heavy atom. The van der Waals surface area contributed by atoms with Crippen LogP contribution in [0.1, 0.15) is 27.0 Å². The molecule has 4 aromatic rings. The van der Waals surface area contributed by atoms with E-state index in [1.54, 1.807) is 11.6 Å². The molecule has 0 radical (unpaired) electrons. The second-order valence-corrected chi connectivity index (χ2v) is 10.8. The van der Waals surface area contributed by atoms with Gasteiger partial charge in [0.05, 0.1) is 18.6 Å². The quantitative estimate of drug-likeness (QED) is 0.177. The van der Waals surface area contributed by atoms with Crippen LogP contribution in [-0.2, 0) is 17.5 Å². The van der Waals surface area contributed by atoms with Crippen molar-refractivity contribution in [2.75, 3.05) is 39.5 Å². The molecular weight excluding hydrogens is 506 g/mol. The minimum Gasteiger partial charge on any atom is -0.492 e. The minimum atomic E-state index is -0.0263. The molecular formula is C28H29N3O4S2. The number of hydrogen-bond donors (Lipinski definition) is 0. The van der Waals surface area contributed by atoms with Crippen LogP contribution in [0.15, 0.2) is 63.9 Å². The van der Waals surface area contributed by atoms with Gasteiger partial charge in [-0.2, -0.15) is 0 Å². The maximum absolute atomic E-state index is 13.0. The zero-order valence-corrected chi connectivity index (χ0v) is 22.6. The predicted molar refractivity (Wildman–Crippen MR) is 148 cm³/mol. The summed E-state index contributed by atoms with van der Waals surface area (Å²) < 4.78 is 12.8. The molecule has 9 heteroatoms. The normalized spacial score (nSPS) is 14.2. The van der Waals surface area contributed by atoms with Crippen LogP contribution in [0.2, 0.25) is 0 Å². The van der Waals surface area contributed by atoms with Gasteiger partial charge in [-0.3, -0.25) is 19.1 Å². The number of aromatic nitrogens is 2. The molecule has 3 heterocycles. The van der Waals surface area contributed by atoms with Crippen molar-refractivity contribution in [1.29, 1.82) is 0 Å². The smallest absolute Gasteiger partial charge is 0.262 e. The molecule has 0 bridgehead atoms. The first-order valence-electron chi connectivity index (χ1n) is 12.2. The molecule has 1 saturated heterocycles. The summed E-state index contributed by atoms with van der Waals surface area (Å²) in [5, 5.41) is 3.36. The van der Waals surface area contributed by atoms with Gasteiger partial charge in [0.15, 0.2) is 10.9 Å². The molecule has 0 aliphatic carbocycles. The van der Waals surface area contributed by atoms with E-state index in [2.05, 4.69) is 9.88 Å². The first-order valence-corrected chi connectivity index (χ1v) is 14.1. The van der Waals surface area contributed by atoms with Gasteiger partial charge in [-0.15, -0.1) is 11.3 Å². The van der Waals surface area contributed by atoms with Crippen LogP contribution in [0.3, 0.4) is 0 Å². The zero-order chi connectivity index (χ0) is 25.8. The largest absolute Gasteiger partial charge is 0.492 e. The SMILES string of the molecule is Cc1csc2nc(SCc3ccc(C(=O)c4ccc(OCCN5CCOCC5)cc4)cc3)n(C)c(=O)c12. The van der Waals surface area contributed by atoms with Gasteiger partial charge >= 0.3 is 0 Å². The summed E-state index contributed by atoms with van der Waals surface area (Å²) in [7, 11) is 1.76. The van der Waals surface area contributed by atoms with Crippen LogP contribution in [0.5, 0.6) is 5.75 Å². The summed E-state index contributed by atoms with van der Waals surface area (Å²) >= 11 is 3.01. The molecule has 1 aliphatic heterocycles. The Morgan fingerprint density at radius 3 is 2.46 bits per heavy atom. The van der Waals surface area contributed by atoms with Gasteiger partial charge in [0.25, 0.3) is 5.56 Å². The predicted octanol–water partition coefficient (Wildman–Crippen LogP) is 4.54. The van der Waals surface area contributed by atoms with E-state index in [-0.39, 0.29) is 11.3 Å². The first kappa shape index (κ1) is 25.7. The van der Waals surface area contributed by atoms with E-state index in [1.165, 1.54) is 23.1 Å². The maximum Gasteiger partial charge on any atom is 0.262 e. The second-order valence-electron chi connectivity index (χ2n) is 9.00. The average Bonchev–Trinajstić information content (AvgIpc) is 3.31. The fourth-order valence-electron chi connectivity index (χ4n) is 4.21. The van der Waals surface area contributed by atoms with Crippen LogP contribution in [0.25, 0.3) is 10.2 Å². The molecule has 0 saturated carbocycles. The highest BCUT2D eigenvalue weighted by Gasteiger charge is 2.14. The topological polar surface area (TPSA) is 73.7 Å². The summed E-state index contributed by atoms with van der Waals surface area (Å²) in [6.45, 7) is 6.85. The lowest BCUT2D eigenvalue weighted by molar-refractivity contribution is 0.0322. The summed E-state index contributed by atoms with van der Waals surface area (Å²) in [5.41, 5.74) is 3.27. The van der Waals surface area contributed by atoms with Crippen LogP contribution in [-0.4, -0.2) is 59.7 Å². The Hall–Kier alpha value is -2.98. The van der Waals surface area contributed by atoms with E-state index in [4.69, 9.17) is 9.47 Å². The number of carbonyl (C=O) groups is 1. The van der Waals surface area contributed by atoms with E-state index < -0.39 is 0 Å². The number of fused-ring (bicyclic) bond motifs is 1. The molecule has 5 rings (SSSR count). The summed E-state index contributed by atoms with van der Waals surface area (Å²) in [6.07, 6.45) is 0. The lowest BCUT2D eigenvalue weighted by Gasteiger charge is -2.26. The molecule has 0 N–H and O–H groups in total. The highest BCUT2D eigenvalue weighted by molar-refractivity contribution is 7.98. The number of benzene rings is 2. The highest BCUT2D eigenvalue weighted by atomic mass is 32.2. The second kappa shape index (κ2) is 11.6. The molecule has 0 amide bonds. The molecule has 7 nitrogen and oxygen atoms in total. The van der Waals surface area contributed by atoms with Crippen molar-refractivity contribution in [2.24, 2.45) is 7.05 Å². The standard InChI is InChI=1S/C28H29N3O4S2/c1-19-17-36-26-24(19)27(33)30(2)28(29-26)37-18-20-3-5-21(6-4-20)25(32)22-7-9-23(10-8-22)35-16-13-31-11-14-34-15-12-31/h3-10,17H,11-16,18H2,1-2H3. The number of thiophene rings is 1. The fraction of sp³-hybridized carbons (Fsp3) is 0.321. The Kier molecular flexibility index (Phi) is 8.05. The third kappa shape index (κ3) is 5.96. The molecule has 1 aliphatic rings. The minimum absolute atomic E-state index is 0.0132. The van der Waals surface area contributed by atoms with Crippen molar-refractivity contribution in [3.05, 3.63) is 86.5 Å². The molecule has 2 aromatic heterocycles. The van der Waals surface area contributed by atoms with Gasteiger partial charge in [0, 0.05) is 43.6 Å². The number of hydrogen-bond acceptors (Lipinski definition) is 8. The zero-order valence-electron chi connectivity index (χ0n) is 20.9. The molecule has 0 unspecified atom stereocenters. The Bertz CT molecular complexity index is 1440. The van der Waals surface area contributed by atoms with Crippen LogP contribution < -0.4 is 10.3 Å². The third-order valence-corrected chi connectivity index (χ3v) is 8.53. The Balaban J connectivity index is 1.16. The number of thioether (sulfide) groups is 1.